The van der Waals surface area contributed by atoms with Crippen molar-refractivity contribution >= 4 is 5.91 Å². The average Bonchev–Trinajstić information content (AvgIpc) is 2.53. The fraction of sp³-hybridized carbons (Fsp3) is 0.632. The molecule has 1 aromatic carbocycles. The van der Waals surface area contributed by atoms with E-state index in [2.05, 4.69) is 42.6 Å². The van der Waals surface area contributed by atoms with Crippen LogP contribution in [0.1, 0.15) is 64.4 Å². The molecule has 0 saturated heterocycles. The van der Waals surface area contributed by atoms with E-state index in [0.29, 0.717) is 5.92 Å². The van der Waals surface area contributed by atoms with Gasteiger partial charge in [-0.25, -0.2) is 0 Å². The van der Waals surface area contributed by atoms with Crippen molar-refractivity contribution in [3.8, 4) is 0 Å². The Morgan fingerprint density at radius 1 is 1.19 bits per heavy atom. The molecule has 1 aromatic rings. The van der Waals surface area contributed by atoms with Crippen molar-refractivity contribution in [2.45, 2.75) is 64.2 Å². The minimum absolute atomic E-state index is 0.0854. The lowest BCUT2D eigenvalue weighted by molar-refractivity contribution is -0.119. The fourth-order valence-corrected chi connectivity index (χ4v) is 4.07. The van der Waals surface area contributed by atoms with Gasteiger partial charge in [-0.05, 0) is 30.7 Å². The number of carbonyl (C=O) groups excluding carboxylic acids is 1. The van der Waals surface area contributed by atoms with Crippen LogP contribution in [-0.2, 0) is 10.2 Å². The first-order chi connectivity index (χ1) is 10.2. The van der Waals surface area contributed by atoms with Crippen LogP contribution in [0, 0.1) is 5.92 Å². The largest absolute Gasteiger partial charge is 0.355 e. The number of amides is 1. The molecule has 1 saturated carbocycles. The summed E-state index contributed by atoms with van der Waals surface area (Å²) in [7, 11) is 0. The summed E-state index contributed by atoms with van der Waals surface area (Å²) < 4.78 is 0. The first-order valence-corrected chi connectivity index (χ1v) is 8.49. The van der Waals surface area contributed by atoms with Crippen molar-refractivity contribution in [1.29, 1.82) is 0 Å². The van der Waals surface area contributed by atoms with E-state index in [-0.39, 0.29) is 11.3 Å². The maximum atomic E-state index is 11.5. The lowest BCUT2D eigenvalue weighted by Crippen LogP contribution is -2.46. The average molecular weight is 287 g/mol. The predicted molar refractivity (Wildman–Crippen MR) is 88.3 cm³/mol. The molecule has 0 unspecified atom stereocenters. The Kier molecular flexibility index (Phi) is 5.84. The summed E-state index contributed by atoms with van der Waals surface area (Å²) in [6, 6.07) is 10.9. The van der Waals surface area contributed by atoms with Gasteiger partial charge in [-0.15, -0.1) is 0 Å². The van der Waals surface area contributed by atoms with Gasteiger partial charge in [-0.1, -0.05) is 62.9 Å². The number of hydrogen-bond donors (Lipinski definition) is 1. The van der Waals surface area contributed by atoms with E-state index in [1.807, 2.05) is 0 Å². The van der Waals surface area contributed by atoms with E-state index in [0.717, 1.165) is 19.4 Å². The second-order valence-electron chi connectivity index (χ2n) is 6.52. The van der Waals surface area contributed by atoms with Gasteiger partial charge in [0.05, 0.1) is 0 Å². The van der Waals surface area contributed by atoms with Gasteiger partial charge in [0.1, 0.15) is 0 Å². The molecule has 2 heteroatoms. The Labute approximate surface area is 129 Å². The van der Waals surface area contributed by atoms with Gasteiger partial charge in [0.25, 0.3) is 0 Å². The first-order valence-electron chi connectivity index (χ1n) is 8.49. The van der Waals surface area contributed by atoms with Gasteiger partial charge in [0.2, 0.25) is 5.91 Å². The molecule has 21 heavy (non-hydrogen) atoms. The Morgan fingerprint density at radius 2 is 1.86 bits per heavy atom. The summed E-state index contributed by atoms with van der Waals surface area (Å²) in [4.78, 5) is 11.5. The molecule has 2 rings (SSSR count). The molecule has 0 aliphatic heterocycles. The Morgan fingerprint density at radius 3 is 2.43 bits per heavy atom. The summed E-state index contributed by atoms with van der Waals surface area (Å²) in [6.45, 7) is 4.67. The molecule has 1 aliphatic carbocycles. The minimum atomic E-state index is 0.0854. The Hall–Kier alpha value is -1.31. The number of hydrogen-bond acceptors (Lipinski definition) is 1. The van der Waals surface area contributed by atoms with Gasteiger partial charge in [0.15, 0.2) is 0 Å². The molecule has 1 aliphatic rings. The van der Waals surface area contributed by atoms with Crippen molar-refractivity contribution in [1.82, 2.24) is 5.32 Å². The smallest absolute Gasteiger partial charge is 0.216 e. The van der Waals surface area contributed by atoms with Crippen molar-refractivity contribution in [3.63, 3.8) is 0 Å². The van der Waals surface area contributed by atoms with Crippen LogP contribution in [0.15, 0.2) is 30.3 Å². The highest BCUT2D eigenvalue weighted by Crippen LogP contribution is 2.44. The van der Waals surface area contributed by atoms with Gasteiger partial charge < -0.3 is 5.32 Å². The lowest BCUT2D eigenvalue weighted by atomic mass is 9.63. The predicted octanol–water partition coefficient (Wildman–Crippen LogP) is 4.44. The molecule has 2 nitrogen and oxygen atoms in total. The van der Waals surface area contributed by atoms with Crippen LogP contribution in [0.3, 0.4) is 0 Å². The van der Waals surface area contributed by atoms with Crippen molar-refractivity contribution in [2.24, 2.45) is 5.92 Å². The molecular formula is C19H29NO. The van der Waals surface area contributed by atoms with Gasteiger partial charge >= 0.3 is 0 Å². The number of benzene rings is 1. The third kappa shape index (κ3) is 3.87. The molecule has 1 fully saturated rings. The van der Waals surface area contributed by atoms with Crippen molar-refractivity contribution < 1.29 is 4.79 Å². The number of carbonyl (C=O) groups is 1. The molecule has 0 spiro atoms. The van der Waals surface area contributed by atoms with E-state index in [4.69, 9.17) is 0 Å². The summed E-state index contributed by atoms with van der Waals surface area (Å²) in [5.74, 6) is 0.780. The Bertz CT molecular complexity index is 436. The van der Waals surface area contributed by atoms with E-state index in [1.165, 1.54) is 37.7 Å². The zero-order chi connectivity index (χ0) is 15.1. The summed E-state index contributed by atoms with van der Waals surface area (Å²) in [5, 5.41) is 3.13. The van der Waals surface area contributed by atoms with Gasteiger partial charge in [-0.3, -0.25) is 4.79 Å². The highest BCUT2D eigenvalue weighted by molar-refractivity contribution is 5.73. The van der Waals surface area contributed by atoms with E-state index in [1.54, 1.807) is 6.92 Å². The minimum Gasteiger partial charge on any atom is -0.355 e. The van der Waals surface area contributed by atoms with Crippen molar-refractivity contribution in [2.75, 3.05) is 6.54 Å². The molecule has 0 radical (unpaired) electrons. The third-order valence-electron chi connectivity index (χ3n) is 5.08. The standard InChI is InChI=1S/C19H29NO/c1-3-14-19(15-20-16(2)21,17-10-6-4-7-11-17)18-12-8-5-9-13-18/h4,6-7,10-11,18H,3,5,8-9,12-15H2,1-2H3,(H,20,21)/t19-/m1/s1. The monoisotopic (exact) mass is 287 g/mol. The topological polar surface area (TPSA) is 29.1 Å². The molecular weight excluding hydrogens is 258 g/mol. The zero-order valence-corrected chi connectivity index (χ0v) is 13.5. The highest BCUT2D eigenvalue weighted by Gasteiger charge is 2.39. The number of nitrogens with one attached hydrogen (secondary N) is 1. The summed E-state index contributed by atoms with van der Waals surface area (Å²) >= 11 is 0. The Balaban J connectivity index is 2.34. The molecule has 0 aromatic heterocycles. The van der Waals surface area contributed by atoms with E-state index < -0.39 is 0 Å². The maximum Gasteiger partial charge on any atom is 0.216 e. The maximum absolute atomic E-state index is 11.5. The summed E-state index contributed by atoms with van der Waals surface area (Å²) in [5.41, 5.74) is 1.52. The van der Waals surface area contributed by atoms with Crippen LogP contribution >= 0.6 is 0 Å². The SMILES string of the molecule is CCC[C@@](CNC(C)=O)(c1ccccc1)C1CCCCC1. The quantitative estimate of drug-likeness (QED) is 0.823. The molecule has 0 bridgehead atoms. The van der Waals surface area contributed by atoms with Crippen LogP contribution < -0.4 is 5.32 Å². The zero-order valence-electron chi connectivity index (χ0n) is 13.5. The highest BCUT2D eigenvalue weighted by atomic mass is 16.1. The van der Waals surface area contributed by atoms with Gasteiger partial charge in [-0.2, -0.15) is 0 Å². The lowest BCUT2D eigenvalue weighted by Gasteiger charge is -2.43. The molecule has 1 N–H and O–H groups in total. The van der Waals surface area contributed by atoms with Crippen LogP contribution in [-0.4, -0.2) is 12.5 Å². The van der Waals surface area contributed by atoms with Gasteiger partial charge in [0, 0.05) is 18.9 Å². The molecule has 116 valence electrons. The van der Waals surface area contributed by atoms with E-state index >= 15 is 0 Å². The van der Waals surface area contributed by atoms with Crippen LogP contribution in [0.25, 0.3) is 0 Å². The summed E-state index contributed by atoms with van der Waals surface area (Å²) in [6.07, 6.45) is 8.95. The van der Waals surface area contributed by atoms with Crippen molar-refractivity contribution in [3.05, 3.63) is 35.9 Å². The third-order valence-corrected chi connectivity index (χ3v) is 5.08. The first kappa shape index (κ1) is 16.1. The second-order valence-corrected chi connectivity index (χ2v) is 6.52. The number of rotatable bonds is 6. The van der Waals surface area contributed by atoms with E-state index in [9.17, 15) is 4.79 Å². The molecule has 1 atom stereocenters. The normalized spacial score (nSPS) is 19.0. The second kappa shape index (κ2) is 7.63. The molecule has 0 heterocycles. The molecule has 1 amide bonds. The van der Waals surface area contributed by atoms with Crippen LogP contribution in [0.5, 0.6) is 0 Å². The van der Waals surface area contributed by atoms with Crippen LogP contribution in [0.4, 0.5) is 0 Å². The van der Waals surface area contributed by atoms with Crippen LogP contribution in [0.2, 0.25) is 0 Å². The fourth-order valence-electron chi connectivity index (χ4n) is 4.07.